The summed E-state index contributed by atoms with van der Waals surface area (Å²) in [5.41, 5.74) is 0. The number of thioether (sulfide) groups is 1. The van der Waals surface area contributed by atoms with Crippen LogP contribution in [-0.2, 0) is 0 Å². The molecule has 2 fully saturated rings. The molecule has 1 saturated carbocycles. The van der Waals surface area contributed by atoms with Gasteiger partial charge < -0.3 is 5.11 Å². The molecule has 1 aliphatic heterocycles. The monoisotopic (exact) mass is 186 g/mol. The van der Waals surface area contributed by atoms with Crippen LogP contribution < -0.4 is 0 Å². The second-order valence-corrected chi connectivity index (χ2v) is 5.37. The van der Waals surface area contributed by atoms with Gasteiger partial charge in [-0.15, -0.1) is 0 Å². The van der Waals surface area contributed by atoms with Gasteiger partial charge in [-0.05, 0) is 42.6 Å². The Bertz CT molecular complexity index is 139. The highest BCUT2D eigenvalue weighted by molar-refractivity contribution is 7.99. The average Bonchev–Trinajstić information content (AvgIpc) is 2.90. The number of hydrogen-bond donors (Lipinski definition) is 1. The van der Waals surface area contributed by atoms with Crippen molar-refractivity contribution in [3.8, 4) is 0 Å². The first-order valence-corrected chi connectivity index (χ1v) is 6.27. The highest BCUT2D eigenvalue weighted by atomic mass is 32.2. The predicted octanol–water partition coefficient (Wildman–Crippen LogP) is 2.29. The van der Waals surface area contributed by atoms with E-state index in [0.717, 1.165) is 12.3 Å². The summed E-state index contributed by atoms with van der Waals surface area (Å²) in [4.78, 5) is 0. The van der Waals surface area contributed by atoms with Crippen LogP contribution in [0.15, 0.2) is 0 Å². The fourth-order valence-corrected chi connectivity index (χ4v) is 3.19. The zero-order chi connectivity index (χ0) is 8.39. The van der Waals surface area contributed by atoms with Crippen molar-refractivity contribution in [2.24, 2.45) is 11.8 Å². The molecule has 2 rings (SSSR count). The van der Waals surface area contributed by atoms with Crippen LogP contribution in [0.1, 0.15) is 32.1 Å². The molecule has 1 heterocycles. The van der Waals surface area contributed by atoms with Crippen LogP contribution in [0, 0.1) is 11.8 Å². The van der Waals surface area contributed by atoms with Gasteiger partial charge in [-0.3, -0.25) is 0 Å². The van der Waals surface area contributed by atoms with Crippen molar-refractivity contribution in [2.45, 2.75) is 38.2 Å². The Balaban J connectivity index is 1.72. The van der Waals surface area contributed by atoms with Gasteiger partial charge in [-0.2, -0.15) is 11.8 Å². The van der Waals surface area contributed by atoms with Gasteiger partial charge in [0.05, 0.1) is 6.10 Å². The van der Waals surface area contributed by atoms with Crippen molar-refractivity contribution in [2.75, 3.05) is 11.5 Å². The van der Waals surface area contributed by atoms with Crippen LogP contribution in [0.25, 0.3) is 0 Å². The van der Waals surface area contributed by atoms with Gasteiger partial charge >= 0.3 is 0 Å². The lowest BCUT2D eigenvalue weighted by Crippen LogP contribution is -2.25. The van der Waals surface area contributed by atoms with E-state index in [1.54, 1.807) is 0 Å². The fraction of sp³-hybridized carbons (Fsp3) is 1.00. The largest absolute Gasteiger partial charge is 0.393 e. The Hall–Kier alpha value is 0.310. The molecule has 1 saturated heterocycles. The van der Waals surface area contributed by atoms with Crippen LogP contribution in [0.5, 0.6) is 0 Å². The van der Waals surface area contributed by atoms with E-state index in [0.29, 0.717) is 5.92 Å². The van der Waals surface area contributed by atoms with Crippen molar-refractivity contribution in [1.82, 2.24) is 0 Å². The number of aliphatic hydroxyl groups excluding tert-OH is 1. The zero-order valence-corrected chi connectivity index (χ0v) is 8.35. The maximum Gasteiger partial charge on any atom is 0.0578 e. The molecule has 2 aliphatic rings. The van der Waals surface area contributed by atoms with E-state index in [9.17, 15) is 5.11 Å². The van der Waals surface area contributed by atoms with Crippen LogP contribution in [0.4, 0.5) is 0 Å². The van der Waals surface area contributed by atoms with Gasteiger partial charge in [0.25, 0.3) is 0 Å². The first kappa shape index (κ1) is 8.89. The highest BCUT2D eigenvalue weighted by Crippen LogP contribution is 2.37. The van der Waals surface area contributed by atoms with Crippen molar-refractivity contribution >= 4 is 11.8 Å². The minimum atomic E-state index is 0.0188. The highest BCUT2D eigenvalue weighted by Gasteiger charge is 2.29. The van der Waals surface area contributed by atoms with E-state index in [1.807, 2.05) is 11.8 Å². The molecule has 0 aromatic heterocycles. The molecule has 1 N–H and O–H groups in total. The molecule has 0 spiro atoms. The third kappa shape index (κ3) is 2.40. The maximum atomic E-state index is 9.87. The Morgan fingerprint density at radius 2 is 2.17 bits per heavy atom. The number of hydrogen-bond acceptors (Lipinski definition) is 2. The summed E-state index contributed by atoms with van der Waals surface area (Å²) in [5, 5.41) is 9.87. The quantitative estimate of drug-likeness (QED) is 0.730. The van der Waals surface area contributed by atoms with Crippen LogP contribution in [0.3, 0.4) is 0 Å². The molecule has 70 valence electrons. The topological polar surface area (TPSA) is 20.2 Å². The number of rotatable bonds is 3. The summed E-state index contributed by atoms with van der Waals surface area (Å²) in [5.74, 6) is 4.01. The van der Waals surface area contributed by atoms with Crippen LogP contribution in [0.2, 0.25) is 0 Å². The minimum Gasteiger partial charge on any atom is -0.393 e. The van der Waals surface area contributed by atoms with Gasteiger partial charge in [-0.1, -0.05) is 12.8 Å². The lowest BCUT2D eigenvalue weighted by molar-refractivity contribution is 0.0980. The first-order valence-electron chi connectivity index (χ1n) is 5.12. The third-order valence-electron chi connectivity index (χ3n) is 3.01. The van der Waals surface area contributed by atoms with E-state index < -0.39 is 0 Å². The molecule has 0 aromatic carbocycles. The lowest BCUT2D eigenvalue weighted by atomic mass is 9.95. The zero-order valence-electron chi connectivity index (χ0n) is 7.54. The molecule has 0 radical (unpaired) electrons. The standard InChI is InChI=1S/C10H18OS/c11-10(6-8-3-4-8)9-2-1-5-12-7-9/h8-11H,1-7H2. The molecule has 2 atom stereocenters. The van der Waals surface area contributed by atoms with Gasteiger partial charge in [0.15, 0.2) is 0 Å². The number of aliphatic hydroxyl groups is 1. The summed E-state index contributed by atoms with van der Waals surface area (Å²) >= 11 is 2.02. The van der Waals surface area contributed by atoms with Crippen molar-refractivity contribution < 1.29 is 5.11 Å². The Morgan fingerprint density at radius 3 is 2.75 bits per heavy atom. The Morgan fingerprint density at radius 1 is 1.33 bits per heavy atom. The molecular weight excluding hydrogens is 168 g/mol. The summed E-state index contributed by atoms with van der Waals surface area (Å²) in [6.07, 6.45) is 6.43. The normalized spacial score (nSPS) is 33.2. The molecule has 0 bridgehead atoms. The Kier molecular flexibility index (Phi) is 2.97. The second kappa shape index (κ2) is 4.01. The van der Waals surface area contributed by atoms with Gasteiger partial charge in [0.1, 0.15) is 0 Å². The van der Waals surface area contributed by atoms with Crippen LogP contribution in [-0.4, -0.2) is 22.7 Å². The molecule has 1 nitrogen and oxygen atoms in total. The van der Waals surface area contributed by atoms with E-state index in [-0.39, 0.29) is 6.10 Å². The van der Waals surface area contributed by atoms with E-state index in [2.05, 4.69) is 0 Å². The predicted molar refractivity (Wildman–Crippen MR) is 53.4 cm³/mol. The van der Waals surface area contributed by atoms with E-state index >= 15 is 0 Å². The SMILES string of the molecule is OC(CC1CC1)C1CCCSC1. The summed E-state index contributed by atoms with van der Waals surface area (Å²) < 4.78 is 0. The minimum absolute atomic E-state index is 0.0188. The fourth-order valence-electron chi connectivity index (χ4n) is 1.96. The van der Waals surface area contributed by atoms with E-state index in [4.69, 9.17) is 0 Å². The smallest absolute Gasteiger partial charge is 0.0578 e. The summed E-state index contributed by atoms with van der Waals surface area (Å²) in [6.45, 7) is 0. The van der Waals surface area contributed by atoms with E-state index in [1.165, 1.54) is 37.2 Å². The molecule has 12 heavy (non-hydrogen) atoms. The molecule has 0 amide bonds. The van der Waals surface area contributed by atoms with Crippen molar-refractivity contribution in [1.29, 1.82) is 0 Å². The molecule has 2 heteroatoms. The summed E-state index contributed by atoms with van der Waals surface area (Å²) in [7, 11) is 0. The second-order valence-electron chi connectivity index (χ2n) is 4.22. The Labute approximate surface area is 78.9 Å². The van der Waals surface area contributed by atoms with Gasteiger partial charge in [-0.25, -0.2) is 0 Å². The van der Waals surface area contributed by atoms with Crippen LogP contribution >= 0.6 is 11.8 Å². The maximum absolute atomic E-state index is 9.87. The molecule has 1 aliphatic carbocycles. The third-order valence-corrected chi connectivity index (χ3v) is 4.25. The molecule has 2 unspecified atom stereocenters. The van der Waals surface area contributed by atoms with Gasteiger partial charge in [0.2, 0.25) is 0 Å². The van der Waals surface area contributed by atoms with Crippen molar-refractivity contribution in [3.05, 3.63) is 0 Å². The van der Waals surface area contributed by atoms with Gasteiger partial charge in [0, 0.05) is 0 Å². The average molecular weight is 186 g/mol. The van der Waals surface area contributed by atoms with Crippen molar-refractivity contribution in [3.63, 3.8) is 0 Å². The summed E-state index contributed by atoms with van der Waals surface area (Å²) in [6, 6.07) is 0. The first-order chi connectivity index (χ1) is 5.86. The molecule has 0 aromatic rings. The lowest BCUT2D eigenvalue weighted by Gasteiger charge is -2.26. The molecular formula is C10H18OS.